The zero-order valence-electron chi connectivity index (χ0n) is 20.3. The van der Waals surface area contributed by atoms with Gasteiger partial charge < -0.3 is 18.9 Å². The van der Waals surface area contributed by atoms with E-state index in [0.29, 0.717) is 17.9 Å². The van der Waals surface area contributed by atoms with Crippen LogP contribution in [0.4, 0.5) is 5.69 Å². The van der Waals surface area contributed by atoms with Crippen molar-refractivity contribution in [2.24, 2.45) is 0 Å². The SMILES string of the molecule is CCC(=O)N(CC(=O)N1c2ccccc2-n2cccc2C1c1cc(OC)ccc1OC)C(C)C. The summed E-state index contributed by atoms with van der Waals surface area (Å²) in [5.74, 6) is 1.11. The van der Waals surface area contributed by atoms with Gasteiger partial charge in [0.25, 0.3) is 0 Å². The summed E-state index contributed by atoms with van der Waals surface area (Å²) in [6.07, 6.45) is 2.34. The minimum Gasteiger partial charge on any atom is -0.497 e. The fourth-order valence-corrected chi connectivity index (χ4v) is 4.59. The van der Waals surface area contributed by atoms with Crippen LogP contribution in [0.25, 0.3) is 5.69 Å². The third-order valence-corrected chi connectivity index (χ3v) is 6.27. The molecule has 0 bridgehead atoms. The molecule has 1 aliphatic rings. The van der Waals surface area contributed by atoms with Gasteiger partial charge in [0.05, 0.1) is 31.3 Å². The molecule has 3 aromatic rings. The number of hydrogen-bond donors (Lipinski definition) is 0. The molecule has 0 spiro atoms. The number of nitrogens with zero attached hydrogens (tertiary/aromatic N) is 3. The van der Waals surface area contributed by atoms with Crippen molar-refractivity contribution in [2.75, 3.05) is 25.7 Å². The molecule has 1 unspecified atom stereocenters. The van der Waals surface area contributed by atoms with Crippen LogP contribution in [0.15, 0.2) is 60.8 Å². The second-order valence-electron chi connectivity index (χ2n) is 8.53. The van der Waals surface area contributed by atoms with E-state index in [9.17, 15) is 9.59 Å². The van der Waals surface area contributed by atoms with E-state index >= 15 is 0 Å². The van der Waals surface area contributed by atoms with Gasteiger partial charge >= 0.3 is 0 Å². The lowest BCUT2D eigenvalue weighted by atomic mass is 9.96. The molecule has 178 valence electrons. The van der Waals surface area contributed by atoms with E-state index in [4.69, 9.17) is 9.47 Å². The molecule has 0 radical (unpaired) electrons. The number of carbonyl (C=O) groups excluding carboxylic acids is 2. The van der Waals surface area contributed by atoms with Crippen LogP contribution in [0.2, 0.25) is 0 Å². The molecule has 1 aromatic heterocycles. The summed E-state index contributed by atoms with van der Waals surface area (Å²) >= 11 is 0. The second kappa shape index (κ2) is 9.63. The maximum atomic E-state index is 14.0. The summed E-state index contributed by atoms with van der Waals surface area (Å²) in [6, 6.07) is 16.8. The number of fused-ring (bicyclic) bond motifs is 3. The van der Waals surface area contributed by atoms with E-state index in [2.05, 4.69) is 4.57 Å². The molecule has 1 atom stereocenters. The van der Waals surface area contributed by atoms with E-state index in [1.807, 2.05) is 81.6 Å². The molecule has 4 rings (SSSR count). The van der Waals surface area contributed by atoms with Gasteiger partial charge in [-0.05, 0) is 56.3 Å². The number of methoxy groups -OCH3 is 2. The first-order chi connectivity index (χ1) is 16.4. The minimum atomic E-state index is -0.465. The average molecular weight is 462 g/mol. The number of amides is 2. The van der Waals surface area contributed by atoms with Crippen LogP contribution in [0, 0.1) is 0 Å². The Bertz CT molecular complexity index is 1200. The fourth-order valence-electron chi connectivity index (χ4n) is 4.59. The van der Waals surface area contributed by atoms with Gasteiger partial charge in [-0.2, -0.15) is 0 Å². The Balaban J connectivity index is 1.90. The third-order valence-electron chi connectivity index (χ3n) is 6.27. The molecular weight excluding hydrogens is 430 g/mol. The number of carbonyl (C=O) groups is 2. The molecule has 1 aliphatic heterocycles. The molecule has 0 aliphatic carbocycles. The first-order valence-electron chi connectivity index (χ1n) is 11.5. The van der Waals surface area contributed by atoms with E-state index in [0.717, 1.165) is 22.6 Å². The number of hydrogen-bond acceptors (Lipinski definition) is 4. The van der Waals surface area contributed by atoms with Gasteiger partial charge in [-0.1, -0.05) is 19.1 Å². The smallest absolute Gasteiger partial charge is 0.247 e. The Morgan fingerprint density at radius 2 is 1.74 bits per heavy atom. The molecule has 34 heavy (non-hydrogen) atoms. The Labute approximate surface area is 200 Å². The molecule has 2 amide bonds. The molecule has 0 saturated carbocycles. The molecule has 0 N–H and O–H groups in total. The normalized spacial score (nSPS) is 14.4. The zero-order chi connectivity index (χ0) is 24.4. The van der Waals surface area contributed by atoms with Crippen LogP contribution in [0.1, 0.15) is 44.5 Å². The van der Waals surface area contributed by atoms with Crippen molar-refractivity contribution in [1.82, 2.24) is 9.47 Å². The molecule has 7 heteroatoms. The Kier molecular flexibility index (Phi) is 6.63. The van der Waals surface area contributed by atoms with Gasteiger partial charge in [0.1, 0.15) is 24.1 Å². The van der Waals surface area contributed by atoms with E-state index in [1.165, 1.54) is 0 Å². The molecule has 0 saturated heterocycles. The van der Waals surface area contributed by atoms with E-state index < -0.39 is 6.04 Å². The number of ether oxygens (including phenoxy) is 2. The monoisotopic (exact) mass is 461 g/mol. The van der Waals surface area contributed by atoms with Crippen LogP contribution in [-0.2, 0) is 9.59 Å². The number of rotatable bonds is 7. The highest BCUT2D eigenvalue weighted by molar-refractivity contribution is 6.00. The predicted octanol–water partition coefficient (Wildman–Crippen LogP) is 4.58. The highest BCUT2D eigenvalue weighted by Gasteiger charge is 2.38. The molecular formula is C27H31N3O4. The lowest BCUT2D eigenvalue weighted by Gasteiger charge is -2.40. The second-order valence-corrected chi connectivity index (χ2v) is 8.53. The van der Waals surface area contributed by atoms with Gasteiger partial charge in [-0.3, -0.25) is 14.5 Å². The minimum absolute atomic E-state index is 0.0117. The van der Waals surface area contributed by atoms with Gasteiger partial charge in [0.2, 0.25) is 11.8 Å². The lowest BCUT2D eigenvalue weighted by molar-refractivity contribution is -0.136. The van der Waals surface area contributed by atoms with Gasteiger partial charge in [-0.15, -0.1) is 0 Å². The highest BCUT2D eigenvalue weighted by atomic mass is 16.5. The summed E-state index contributed by atoms with van der Waals surface area (Å²) in [7, 11) is 3.23. The van der Waals surface area contributed by atoms with Crippen LogP contribution < -0.4 is 14.4 Å². The number of benzene rings is 2. The Morgan fingerprint density at radius 1 is 1.00 bits per heavy atom. The zero-order valence-corrected chi connectivity index (χ0v) is 20.3. The summed E-state index contributed by atoms with van der Waals surface area (Å²) in [6.45, 7) is 5.66. The molecule has 2 aromatic carbocycles. The average Bonchev–Trinajstić information content (AvgIpc) is 3.35. The number of aromatic nitrogens is 1. The quantitative estimate of drug-likeness (QED) is 0.517. The van der Waals surface area contributed by atoms with Crippen molar-refractivity contribution in [2.45, 2.75) is 39.3 Å². The highest BCUT2D eigenvalue weighted by Crippen LogP contribution is 2.45. The van der Waals surface area contributed by atoms with Gasteiger partial charge in [0.15, 0.2) is 0 Å². The molecule has 0 fully saturated rings. The van der Waals surface area contributed by atoms with Crippen LogP contribution in [0.3, 0.4) is 0 Å². The predicted molar refractivity (Wildman–Crippen MR) is 132 cm³/mol. The number of para-hydroxylation sites is 2. The first-order valence-corrected chi connectivity index (χ1v) is 11.5. The topological polar surface area (TPSA) is 64.0 Å². The third kappa shape index (κ3) is 4.02. The van der Waals surface area contributed by atoms with Gasteiger partial charge in [0, 0.05) is 24.2 Å². The Morgan fingerprint density at radius 3 is 2.38 bits per heavy atom. The number of anilines is 1. The summed E-state index contributed by atoms with van der Waals surface area (Å²) < 4.78 is 13.3. The summed E-state index contributed by atoms with van der Waals surface area (Å²) in [5, 5.41) is 0. The van der Waals surface area contributed by atoms with Crippen molar-refractivity contribution >= 4 is 17.5 Å². The van der Waals surface area contributed by atoms with Crippen molar-refractivity contribution in [3.63, 3.8) is 0 Å². The maximum Gasteiger partial charge on any atom is 0.247 e. The van der Waals surface area contributed by atoms with Crippen molar-refractivity contribution in [3.05, 3.63) is 72.1 Å². The first kappa shape index (κ1) is 23.4. The van der Waals surface area contributed by atoms with Crippen LogP contribution in [-0.4, -0.2) is 48.1 Å². The summed E-state index contributed by atoms with van der Waals surface area (Å²) in [5.41, 5.74) is 3.42. The van der Waals surface area contributed by atoms with Crippen molar-refractivity contribution in [3.8, 4) is 17.2 Å². The van der Waals surface area contributed by atoms with Crippen molar-refractivity contribution in [1.29, 1.82) is 0 Å². The standard InChI is InChI=1S/C27H31N3O4/c1-6-25(31)29(18(2)3)17-26(32)30-22-11-8-7-10-21(22)28-15-9-12-23(28)27(30)20-16-19(33-4)13-14-24(20)34-5/h7-16,18,27H,6,17H2,1-5H3. The molecule has 2 heterocycles. The lowest BCUT2D eigenvalue weighted by Crippen LogP contribution is -2.48. The Hall–Kier alpha value is -3.74. The fraction of sp³-hybridized carbons (Fsp3) is 0.333. The maximum absolute atomic E-state index is 14.0. The summed E-state index contributed by atoms with van der Waals surface area (Å²) in [4.78, 5) is 30.1. The largest absolute Gasteiger partial charge is 0.497 e. The van der Waals surface area contributed by atoms with Crippen LogP contribution >= 0.6 is 0 Å². The molecule has 7 nitrogen and oxygen atoms in total. The van der Waals surface area contributed by atoms with Crippen LogP contribution in [0.5, 0.6) is 11.5 Å². The van der Waals surface area contributed by atoms with Crippen molar-refractivity contribution < 1.29 is 19.1 Å². The van der Waals surface area contributed by atoms with Gasteiger partial charge in [-0.25, -0.2) is 0 Å². The van der Waals surface area contributed by atoms with E-state index in [1.54, 1.807) is 24.0 Å². The van der Waals surface area contributed by atoms with E-state index in [-0.39, 0.29) is 24.4 Å².